The molecule has 2 aliphatic rings. The number of carbonyl (C=O) groups excluding carboxylic acids is 2. The second kappa shape index (κ2) is 4.92. The molecule has 2 fully saturated rings. The first-order valence-corrected chi connectivity index (χ1v) is 7.08. The van der Waals surface area contributed by atoms with E-state index in [-0.39, 0.29) is 23.8 Å². The Bertz CT molecular complexity index is 508. The standard InChI is InChI=1S/C14H19N3O3/c1-8(2)12-13(18)15-11(9-3-4-9)14(19)17(12)7-10-5-6-20-16-10/h5-6,8-9,11-12H,3-4,7H2,1-2H3,(H,15,18). The van der Waals surface area contributed by atoms with Crippen molar-refractivity contribution >= 4 is 11.8 Å². The van der Waals surface area contributed by atoms with Crippen LogP contribution in [0.4, 0.5) is 0 Å². The zero-order chi connectivity index (χ0) is 14.3. The van der Waals surface area contributed by atoms with Gasteiger partial charge in [0.05, 0.1) is 6.54 Å². The molecule has 1 aromatic rings. The van der Waals surface area contributed by atoms with Crippen LogP contribution in [0.2, 0.25) is 0 Å². The summed E-state index contributed by atoms with van der Waals surface area (Å²) >= 11 is 0. The van der Waals surface area contributed by atoms with E-state index in [0.717, 1.165) is 12.8 Å². The van der Waals surface area contributed by atoms with E-state index in [2.05, 4.69) is 10.5 Å². The van der Waals surface area contributed by atoms with E-state index < -0.39 is 6.04 Å². The Morgan fingerprint density at radius 1 is 1.45 bits per heavy atom. The van der Waals surface area contributed by atoms with Gasteiger partial charge in [-0.25, -0.2) is 0 Å². The van der Waals surface area contributed by atoms with Crippen molar-refractivity contribution < 1.29 is 14.1 Å². The molecule has 1 saturated heterocycles. The van der Waals surface area contributed by atoms with Gasteiger partial charge in [0, 0.05) is 6.07 Å². The number of piperazine rings is 1. The van der Waals surface area contributed by atoms with Crippen LogP contribution in [-0.4, -0.2) is 34.0 Å². The lowest BCUT2D eigenvalue weighted by Crippen LogP contribution is -2.65. The maximum Gasteiger partial charge on any atom is 0.246 e. The second-order valence-electron chi connectivity index (χ2n) is 5.97. The fourth-order valence-electron chi connectivity index (χ4n) is 2.84. The fraction of sp³-hybridized carbons (Fsp3) is 0.643. The summed E-state index contributed by atoms with van der Waals surface area (Å²) in [7, 11) is 0. The highest BCUT2D eigenvalue weighted by molar-refractivity contribution is 5.97. The van der Waals surface area contributed by atoms with Crippen LogP contribution >= 0.6 is 0 Å². The zero-order valence-electron chi connectivity index (χ0n) is 11.7. The minimum absolute atomic E-state index is 0.00815. The predicted octanol–water partition coefficient (Wildman–Crippen LogP) is 0.936. The van der Waals surface area contributed by atoms with Gasteiger partial charge in [0.1, 0.15) is 24.0 Å². The Balaban J connectivity index is 1.86. The van der Waals surface area contributed by atoms with Crippen molar-refractivity contribution in [2.75, 3.05) is 0 Å². The molecule has 1 N–H and O–H groups in total. The van der Waals surface area contributed by atoms with E-state index in [1.807, 2.05) is 13.8 Å². The first kappa shape index (κ1) is 13.1. The second-order valence-corrected chi connectivity index (χ2v) is 5.97. The highest BCUT2D eigenvalue weighted by Crippen LogP contribution is 2.36. The molecule has 6 nitrogen and oxygen atoms in total. The summed E-state index contributed by atoms with van der Waals surface area (Å²) in [6.45, 7) is 4.23. The largest absolute Gasteiger partial charge is 0.364 e. The fourth-order valence-corrected chi connectivity index (χ4v) is 2.84. The third-order valence-corrected chi connectivity index (χ3v) is 4.00. The van der Waals surface area contributed by atoms with Gasteiger partial charge in [0.25, 0.3) is 0 Å². The van der Waals surface area contributed by atoms with Crippen molar-refractivity contribution in [1.82, 2.24) is 15.4 Å². The Morgan fingerprint density at radius 2 is 2.20 bits per heavy atom. The van der Waals surface area contributed by atoms with Gasteiger partial charge in [-0.1, -0.05) is 19.0 Å². The summed E-state index contributed by atoms with van der Waals surface area (Å²) in [5.41, 5.74) is 0.674. The summed E-state index contributed by atoms with van der Waals surface area (Å²) in [5.74, 6) is 0.319. The van der Waals surface area contributed by atoms with Gasteiger partial charge >= 0.3 is 0 Å². The molecule has 1 aromatic heterocycles. The number of aromatic nitrogens is 1. The first-order chi connectivity index (χ1) is 9.58. The minimum atomic E-state index is -0.436. The van der Waals surface area contributed by atoms with Gasteiger partial charge in [-0.05, 0) is 24.7 Å². The molecular formula is C14H19N3O3. The summed E-state index contributed by atoms with van der Waals surface area (Å²) in [6, 6.07) is 0.933. The monoisotopic (exact) mass is 277 g/mol. The predicted molar refractivity (Wildman–Crippen MR) is 70.3 cm³/mol. The molecule has 6 heteroatoms. The number of carbonyl (C=O) groups is 2. The number of nitrogens with zero attached hydrogens (tertiary/aromatic N) is 2. The van der Waals surface area contributed by atoms with Gasteiger partial charge in [0.15, 0.2) is 0 Å². The van der Waals surface area contributed by atoms with E-state index in [9.17, 15) is 9.59 Å². The van der Waals surface area contributed by atoms with Crippen LogP contribution in [0.5, 0.6) is 0 Å². The van der Waals surface area contributed by atoms with Crippen LogP contribution in [0.15, 0.2) is 16.9 Å². The van der Waals surface area contributed by atoms with Crippen molar-refractivity contribution in [3.63, 3.8) is 0 Å². The molecule has 2 atom stereocenters. The van der Waals surface area contributed by atoms with Crippen molar-refractivity contribution in [2.24, 2.45) is 11.8 Å². The van der Waals surface area contributed by atoms with Crippen molar-refractivity contribution in [3.05, 3.63) is 18.0 Å². The molecule has 2 amide bonds. The van der Waals surface area contributed by atoms with Crippen LogP contribution in [0.1, 0.15) is 32.4 Å². The van der Waals surface area contributed by atoms with E-state index in [0.29, 0.717) is 18.2 Å². The molecule has 2 unspecified atom stereocenters. The SMILES string of the molecule is CC(C)C1C(=O)NC(C2CC2)C(=O)N1Cc1ccon1. The van der Waals surface area contributed by atoms with E-state index in [1.54, 1.807) is 11.0 Å². The Hall–Kier alpha value is -1.85. The number of amides is 2. The van der Waals surface area contributed by atoms with E-state index in [1.165, 1.54) is 6.26 Å². The Morgan fingerprint density at radius 3 is 2.75 bits per heavy atom. The molecule has 2 heterocycles. The zero-order valence-corrected chi connectivity index (χ0v) is 11.7. The normalized spacial score (nSPS) is 27.1. The summed E-state index contributed by atoms with van der Waals surface area (Å²) < 4.78 is 4.81. The number of hydrogen-bond donors (Lipinski definition) is 1. The van der Waals surface area contributed by atoms with Gasteiger partial charge in [-0.15, -0.1) is 0 Å². The molecule has 0 radical (unpaired) electrons. The molecular weight excluding hydrogens is 258 g/mol. The third kappa shape index (κ3) is 2.30. The quantitative estimate of drug-likeness (QED) is 0.888. The highest BCUT2D eigenvalue weighted by atomic mass is 16.5. The number of nitrogens with one attached hydrogen (secondary N) is 1. The van der Waals surface area contributed by atoms with Crippen molar-refractivity contribution in [1.29, 1.82) is 0 Å². The van der Waals surface area contributed by atoms with Crippen molar-refractivity contribution in [3.8, 4) is 0 Å². The third-order valence-electron chi connectivity index (χ3n) is 4.00. The lowest BCUT2D eigenvalue weighted by atomic mass is 9.95. The average molecular weight is 277 g/mol. The Kier molecular flexibility index (Phi) is 3.23. The molecule has 108 valence electrons. The Labute approximate surface area is 117 Å². The topological polar surface area (TPSA) is 75.4 Å². The summed E-state index contributed by atoms with van der Waals surface area (Å²) in [6.07, 6.45) is 3.51. The van der Waals surface area contributed by atoms with Gasteiger partial charge in [0.2, 0.25) is 11.8 Å². The van der Waals surface area contributed by atoms with Crippen molar-refractivity contribution in [2.45, 2.75) is 45.3 Å². The first-order valence-electron chi connectivity index (χ1n) is 7.08. The highest BCUT2D eigenvalue weighted by Gasteiger charge is 2.47. The molecule has 0 spiro atoms. The van der Waals surface area contributed by atoms with Crippen LogP contribution in [0.3, 0.4) is 0 Å². The maximum atomic E-state index is 12.6. The lowest BCUT2D eigenvalue weighted by molar-refractivity contribution is -0.152. The average Bonchev–Trinajstić information content (AvgIpc) is 3.11. The molecule has 1 aliphatic carbocycles. The number of rotatable bonds is 4. The molecule has 1 saturated carbocycles. The van der Waals surface area contributed by atoms with E-state index >= 15 is 0 Å². The van der Waals surface area contributed by atoms with Gasteiger partial charge in [-0.3, -0.25) is 9.59 Å². The maximum absolute atomic E-state index is 12.6. The van der Waals surface area contributed by atoms with Crippen LogP contribution in [-0.2, 0) is 16.1 Å². The van der Waals surface area contributed by atoms with Gasteiger partial charge < -0.3 is 14.7 Å². The molecule has 0 bridgehead atoms. The smallest absolute Gasteiger partial charge is 0.246 e. The van der Waals surface area contributed by atoms with Crippen LogP contribution < -0.4 is 5.32 Å². The number of hydrogen-bond acceptors (Lipinski definition) is 4. The molecule has 3 rings (SSSR count). The molecule has 1 aliphatic heterocycles. The summed E-state index contributed by atoms with van der Waals surface area (Å²) in [5, 5.41) is 6.74. The van der Waals surface area contributed by atoms with Crippen LogP contribution in [0.25, 0.3) is 0 Å². The summed E-state index contributed by atoms with van der Waals surface area (Å²) in [4.78, 5) is 26.6. The van der Waals surface area contributed by atoms with Crippen LogP contribution in [0, 0.1) is 11.8 Å². The lowest BCUT2D eigenvalue weighted by Gasteiger charge is -2.40. The minimum Gasteiger partial charge on any atom is -0.364 e. The molecule has 20 heavy (non-hydrogen) atoms. The van der Waals surface area contributed by atoms with E-state index in [4.69, 9.17) is 4.52 Å². The molecule has 0 aromatic carbocycles. The van der Waals surface area contributed by atoms with Gasteiger partial charge in [-0.2, -0.15) is 0 Å².